The van der Waals surface area contributed by atoms with Crippen molar-refractivity contribution in [2.24, 2.45) is 0 Å². The van der Waals surface area contributed by atoms with Crippen LogP contribution in [0.2, 0.25) is 0 Å². The van der Waals surface area contributed by atoms with Crippen LogP contribution in [-0.2, 0) is 16.8 Å². The summed E-state index contributed by atoms with van der Waals surface area (Å²) in [6, 6.07) is 2.26. The fraction of sp³-hybridized carbons (Fsp3) is 0. The fourth-order valence-corrected chi connectivity index (χ4v) is 7.41. The molecule has 0 N–H and O–H groups in total. The Hall–Kier alpha value is -7.41. The summed E-state index contributed by atoms with van der Waals surface area (Å²) >= 11 is 0. The van der Waals surface area contributed by atoms with Crippen LogP contribution < -0.4 is 9.97 Å². The Kier molecular flexibility index (Phi) is 11.8. The number of hydrogen-bond acceptors (Lipinski definition) is 2. The van der Waals surface area contributed by atoms with Crippen molar-refractivity contribution in [2.45, 2.75) is 0 Å². The molecule has 8 bridgehead atoms. The van der Waals surface area contributed by atoms with Crippen molar-refractivity contribution in [2.75, 3.05) is 0 Å². The van der Waals surface area contributed by atoms with Gasteiger partial charge in [0.05, 0.1) is 45.0 Å². The van der Waals surface area contributed by atoms with Crippen LogP contribution in [0, 0.1) is 116 Å². The number of nitrogens with zero attached hydrogens (tertiary/aromatic N) is 4. The Morgan fingerprint density at radius 1 is 0.217 bits per heavy atom. The Bertz CT molecular complexity index is 3120. The van der Waals surface area contributed by atoms with Crippen molar-refractivity contribution in [3.05, 3.63) is 163 Å². The van der Waals surface area contributed by atoms with E-state index in [2.05, 4.69) is 19.9 Å². The number of halogens is 20. The molecule has 353 valence electrons. The zero-order chi connectivity index (χ0) is 49.3. The minimum atomic E-state index is -2.73. The molecule has 1 radical (unpaired) electrons. The molecule has 5 heterocycles. The normalized spacial score (nSPS) is 12.1. The predicted molar refractivity (Wildman–Crippen MR) is 198 cm³/mol. The smallest absolute Gasteiger partial charge is 0.657 e. The third kappa shape index (κ3) is 6.98. The zero-order valence-corrected chi connectivity index (χ0v) is 33.3. The van der Waals surface area contributed by atoms with Gasteiger partial charge in [-0.1, -0.05) is 24.3 Å². The van der Waals surface area contributed by atoms with Gasteiger partial charge in [0.1, 0.15) is 0 Å². The summed E-state index contributed by atoms with van der Waals surface area (Å²) in [7, 11) is 0. The van der Waals surface area contributed by atoms with Gasteiger partial charge in [0.15, 0.2) is 93.1 Å². The number of hydrogen-bond donors (Lipinski definition) is 0. The van der Waals surface area contributed by atoms with E-state index in [1.54, 1.807) is 0 Å². The average Bonchev–Trinajstić information content (AvgIpc) is 4.18. The van der Waals surface area contributed by atoms with Gasteiger partial charge in [-0.2, -0.15) is 0 Å². The third-order valence-corrected chi connectivity index (χ3v) is 10.4. The van der Waals surface area contributed by atoms with Crippen LogP contribution in [0.15, 0.2) is 24.3 Å². The molecule has 0 amide bonds. The minimum absolute atomic E-state index is 0. The van der Waals surface area contributed by atoms with E-state index in [1.807, 2.05) is 0 Å². The summed E-state index contributed by atoms with van der Waals surface area (Å²) in [4.78, 5) is 15.6. The molecule has 0 saturated heterocycles. The molecule has 0 atom stereocenters. The maximum atomic E-state index is 15.8. The van der Waals surface area contributed by atoms with Crippen LogP contribution in [0.3, 0.4) is 0 Å². The van der Waals surface area contributed by atoms with Crippen molar-refractivity contribution in [3.63, 3.8) is 0 Å². The summed E-state index contributed by atoms with van der Waals surface area (Å²) in [5.41, 5.74) is -21.6. The second-order valence-corrected chi connectivity index (χ2v) is 14.1. The second kappa shape index (κ2) is 17.0. The van der Waals surface area contributed by atoms with Crippen LogP contribution in [0.5, 0.6) is 0 Å². The number of benzene rings is 4. The predicted octanol–water partition coefficient (Wildman–Crippen LogP) is 13.4. The molecular weight excluding hydrogens is 1020 g/mol. The molecule has 25 heteroatoms. The summed E-state index contributed by atoms with van der Waals surface area (Å²) in [5, 5.41) is 0. The number of fused-ring (bicyclic) bond motifs is 8. The SMILES string of the molecule is Fc1c(F)c(F)c(-c2c3nc(c(-c4c(F)c(F)c(F)c(F)c4F)c4ccc([n-]4)c(-c4c(F)c(F)c(F)c(F)c4F)c4nc(c(-c5c(F)c(F)c(F)c(F)c5F)c5ccc2[n-]5)C=C4)C=C3)c(F)c1F.[Co+2]. The fourth-order valence-electron chi connectivity index (χ4n) is 7.41. The van der Waals surface area contributed by atoms with Gasteiger partial charge < -0.3 is 9.97 Å². The molecule has 7 aromatic rings. The summed E-state index contributed by atoms with van der Waals surface area (Å²) in [5.74, 6) is -53.1. The molecule has 0 spiro atoms. The molecule has 0 saturated carbocycles. The Labute approximate surface area is 378 Å². The van der Waals surface area contributed by atoms with Crippen molar-refractivity contribution in [1.82, 2.24) is 19.9 Å². The van der Waals surface area contributed by atoms with Gasteiger partial charge >= 0.3 is 16.8 Å². The average molecular weight is 1030 g/mol. The standard InChI is InChI=1S/C44H8F20N4.Co/c45-25-21(26(46)34(54)41(61)33(25)53)17-9-1-2-10(65-9)18(22-27(47)35(55)42(62)36(56)28(22)48)12-5-6-14(67-12)20(24-31(51)39(59)44(64)40(60)32(24)52)16-8-7-15(68-16)19(13-4-3-11(17)66-13)23-29(49)37(57)43(63)38(58)30(23)50;/h1-8H;/q-2;+2. The van der Waals surface area contributed by atoms with Gasteiger partial charge in [0, 0.05) is 0 Å². The quantitative estimate of drug-likeness (QED) is 0.100. The first-order valence-electron chi connectivity index (χ1n) is 18.2. The van der Waals surface area contributed by atoms with Gasteiger partial charge in [-0.05, 0) is 46.6 Å². The first-order chi connectivity index (χ1) is 32.1. The first-order valence-corrected chi connectivity index (χ1v) is 18.2. The molecule has 3 aromatic heterocycles. The molecule has 0 fully saturated rings. The summed E-state index contributed by atoms with van der Waals surface area (Å²) in [6.45, 7) is 0. The third-order valence-electron chi connectivity index (χ3n) is 10.4. The Morgan fingerprint density at radius 2 is 0.362 bits per heavy atom. The van der Waals surface area contributed by atoms with E-state index in [1.165, 1.54) is 0 Å². The van der Waals surface area contributed by atoms with Crippen molar-refractivity contribution in [1.29, 1.82) is 0 Å². The molecule has 2 aliphatic rings. The van der Waals surface area contributed by atoms with Gasteiger partial charge in [-0.15, -0.1) is 22.1 Å². The van der Waals surface area contributed by atoms with Crippen molar-refractivity contribution in [3.8, 4) is 44.5 Å². The largest absolute Gasteiger partial charge is 2.00 e. The molecule has 0 unspecified atom stereocenters. The summed E-state index contributed by atoms with van der Waals surface area (Å²) in [6.07, 6.45) is 2.26. The van der Waals surface area contributed by atoms with Crippen molar-refractivity contribution < 1.29 is 105 Å². The van der Waals surface area contributed by atoms with Gasteiger partial charge in [-0.25, -0.2) is 97.8 Å². The van der Waals surface area contributed by atoms with Crippen LogP contribution in [0.1, 0.15) is 22.8 Å². The molecular formula is C44H8CoF20N4. The van der Waals surface area contributed by atoms with Crippen molar-refractivity contribution >= 4 is 46.4 Å². The molecule has 0 aliphatic carbocycles. The van der Waals surface area contributed by atoms with Crippen LogP contribution >= 0.6 is 0 Å². The summed E-state index contributed by atoms with van der Waals surface area (Å²) < 4.78 is 303. The van der Waals surface area contributed by atoms with E-state index >= 15 is 35.1 Å². The maximum Gasteiger partial charge on any atom is 2.00 e. The molecule has 69 heavy (non-hydrogen) atoms. The zero-order valence-electron chi connectivity index (χ0n) is 32.3. The molecule has 4 nitrogen and oxygen atoms in total. The number of rotatable bonds is 4. The Morgan fingerprint density at radius 3 is 0.522 bits per heavy atom. The van der Waals surface area contributed by atoms with E-state index in [4.69, 9.17) is 0 Å². The van der Waals surface area contributed by atoms with Gasteiger partial charge in [-0.3, -0.25) is 0 Å². The van der Waals surface area contributed by atoms with E-state index in [0.29, 0.717) is 48.6 Å². The minimum Gasteiger partial charge on any atom is -0.657 e. The topological polar surface area (TPSA) is 54.0 Å². The molecule has 9 rings (SSSR count). The molecule has 2 aliphatic heterocycles. The van der Waals surface area contributed by atoms with E-state index in [-0.39, 0.29) is 16.8 Å². The Balaban J connectivity index is 0.00000642. The van der Waals surface area contributed by atoms with Crippen LogP contribution in [0.25, 0.3) is 90.9 Å². The first kappa shape index (κ1) is 48.1. The monoisotopic (exact) mass is 1030 g/mol. The number of aromatic nitrogens is 4. The van der Waals surface area contributed by atoms with Crippen LogP contribution in [-0.4, -0.2) is 9.97 Å². The second-order valence-electron chi connectivity index (χ2n) is 14.1. The van der Waals surface area contributed by atoms with Gasteiger partial charge in [0.25, 0.3) is 0 Å². The van der Waals surface area contributed by atoms with E-state index in [9.17, 15) is 52.7 Å². The van der Waals surface area contributed by atoms with Gasteiger partial charge in [0.2, 0.25) is 23.3 Å². The van der Waals surface area contributed by atoms with E-state index < -0.39 is 206 Å². The molecule has 4 aromatic carbocycles. The van der Waals surface area contributed by atoms with Crippen LogP contribution in [0.4, 0.5) is 87.8 Å². The maximum absolute atomic E-state index is 15.8. The van der Waals surface area contributed by atoms with E-state index in [0.717, 1.165) is 0 Å².